The number of benzene rings is 1. The van der Waals surface area contributed by atoms with Crippen molar-refractivity contribution in [3.05, 3.63) is 24.3 Å². The molecule has 0 aliphatic carbocycles. The molecule has 136 valence electrons. The predicted molar refractivity (Wildman–Crippen MR) is 92.3 cm³/mol. The van der Waals surface area contributed by atoms with E-state index < -0.39 is 17.4 Å². The Morgan fingerprint density at radius 2 is 1.92 bits per heavy atom. The molecule has 1 aromatic rings. The van der Waals surface area contributed by atoms with E-state index in [1.807, 2.05) is 6.92 Å². The van der Waals surface area contributed by atoms with Crippen molar-refractivity contribution in [3.63, 3.8) is 0 Å². The summed E-state index contributed by atoms with van der Waals surface area (Å²) in [5.74, 6) is -0.777. The number of hydrogen-bond donors (Lipinski definition) is 1. The van der Waals surface area contributed by atoms with E-state index >= 15 is 0 Å². The molecule has 0 saturated carbocycles. The van der Waals surface area contributed by atoms with Crippen LogP contribution in [0.15, 0.2) is 24.3 Å². The quantitative estimate of drug-likeness (QED) is 0.788. The van der Waals surface area contributed by atoms with Gasteiger partial charge in [0.2, 0.25) is 11.8 Å². The highest BCUT2D eigenvalue weighted by atomic mass is 16.5. The summed E-state index contributed by atoms with van der Waals surface area (Å²) in [6.07, 6.45) is 0.107. The lowest BCUT2D eigenvalue weighted by Gasteiger charge is -2.25. The van der Waals surface area contributed by atoms with Crippen molar-refractivity contribution in [2.24, 2.45) is 5.92 Å². The minimum absolute atomic E-state index is 0.107. The van der Waals surface area contributed by atoms with Gasteiger partial charge in [-0.3, -0.25) is 9.59 Å². The van der Waals surface area contributed by atoms with Gasteiger partial charge in [-0.25, -0.2) is 4.79 Å². The molecule has 1 fully saturated rings. The number of rotatable bonds is 6. The minimum Gasteiger partial charge on any atom is -0.494 e. The number of esters is 1. The molecule has 0 aromatic heterocycles. The number of hydrogen-bond acceptors (Lipinski definition) is 5. The molecule has 1 aromatic carbocycles. The third-order valence-electron chi connectivity index (χ3n) is 4.09. The second-order valence-electron chi connectivity index (χ2n) is 6.44. The molecule has 1 atom stereocenters. The zero-order valence-electron chi connectivity index (χ0n) is 15.0. The molecule has 0 spiro atoms. The van der Waals surface area contributed by atoms with E-state index in [9.17, 15) is 14.4 Å². The van der Waals surface area contributed by atoms with E-state index in [0.29, 0.717) is 6.61 Å². The molecular weight excluding hydrogens is 324 g/mol. The number of amides is 2. The Morgan fingerprint density at radius 3 is 2.48 bits per heavy atom. The molecule has 0 radical (unpaired) electrons. The third kappa shape index (κ3) is 4.29. The van der Waals surface area contributed by atoms with Gasteiger partial charge in [-0.05, 0) is 45.0 Å². The van der Waals surface area contributed by atoms with Crippen molar-refractivity contribution < 1.29 is 23.9 Å². The molecule has 25 heavy (non-hydrogen) atoms. The van der Waals surface area contributed by atoms with Crippen LogP contribution in [0.4, 0.5) is 5.69 Å². The van der Waals surface area contributed by atoms with Gasteiger partial charge in [0.1, 0.15) is 11.3 Å². The molecule has 0 bridgehead atoms. The number of nitrogens with zero attached hydrogens (tertiary/aromatic N) is 1. The number of ether oxygens (including phenoxy) is 2. The van der Waals surface area contributed by atoms with Gasteiger partial charge in [-0.15, -0.1) is 0 Å². The van der Waals surface area contributed by atoms with Crippen LogP contribution in [0.2, 0.25) is 0 Å². The molecule has 1 heterocycles. The summed E-state index contributed by atoms with van der Waals surface area (Å²) in [6, 6.07) is 7.17. The van der Waals surface area contributed by atoms with Gasteiger partial charge < -0.3 is 19.7 Å². The lowest BCUT2D eigenvalue weighted by atomic mass is 10.0. The first kappa shape index (κ1) is 18.8. The van der Waals surface area contributed by atoms with E-state index in [1.165, 1.54) is 7.11 Å². The van der Waals surface area contributed by atoms with Crippen molar-refractivity contribution in [3.8, 4) is 5.75 Å². The summed E-state index contributed by atoms with van der Waals surface area (Å²) in [6.45, 7) is 5.88. The highest BCUT2D eigenvalue weighted by molar-refractivity contribution is 6.01. The molecule has 1 N–H and O–H groups in total. The van der Waals surface area contributed by atoms with Gasteiger partial charge in [0.25, 0.3) is 0 Å². The van der Waals surface area contributed by atoms with Crippen LogP contribution in [0.25, 0.3) is 0 Å². The summed E-state index contributed by atoms with van der Waals surface area (Å²) >= 11 is 0. The molecule has 1 aliphatic heterocycles. The fraction of sp³-hybridized carbons (Fsp3) is 0.500. The molecule has 7 heteroatoms. The Balaban J connectivity index is 2.04. The van der Waals surface area contributed by atoms with Gasteiger partial charge >= 0.3 is 5.97 Å². The number of carbonyl (C=O) groups excluding carboxylic acids is 3. The molecule has 2 amide bonds. The number of nitrogens with one attached hydrogen (secondary N) is 1. The maximum Gasteiger partial charge on any atom is 0.330 e. The predicted octanol–water partition coefficient (Wildman–Crippen LogP) is 1.51. The molecule has 1 aliphatic rings. The van der Waals surface area contributed by atoms with Crippen molar-refractivity contribution in [1.29, 1.82) is 0 Å². The van der Waals surface area contributed by atoms with Crippen LogP contribution in [-0.4, -0.2) is 43.6 Å². The van der Waals surface area contributed by atoms with Crippen molar-refractivity contribution in [2.45, 2.75) is 32.7 Å². The van der Waals surface area contributed by atoms with Crippen molar-refractivity contribution >= 4 is 23.5 Å². The summed E-state index contributed by atoms with van der Waals surface area (Å²) in [5, 5.41) is 2.65. The van der Waals surface area contributed by atoms with Crippen LogP contribution in [0.1, 0.15) is 27.2 Å². The van der Waals surface area contributed by atoms with Crippen molar-refractivity contribution in [2.75, 3.05) is 25.2 Å². The Bertz CT molecular complexity index is 654. The minimum atomic E-state index is -1.14. The molecular formula is C18H24N2O5. The number of methoxy groups -OCH3 is 1. The average Bonchev–Trinajstić information content (AvgIpc) is 2.96. The maximum atomic E-state index is 12.4. The van der Waals surface area contributed by atoms with Crippen LogP contribution in [0.5, 0.6) is 5.75 Å². The standard InChI is InChI=1S/C18H24N2O5/c1-5-25-14-8-6-13(7-9-14)20-11-12(10-15(20)21)16(22)19-18(2,3)17(23)24-4/h6-9,12H,5,10-11H2,1-4H3,(H,19,22). The Kier molecular flexibility index (Phi) is 5.66. The Morgan fingerprint density at radius 1 is 1.28 bits per heavy atom. The van der Waals surface area contributed by atoms with Crippen LogP contribution in [0, 0.1) is 5.92 Å². The molecule has 1 saturated heterocycles. The van der Waals surface area contributed by atoms with E-state index in [0.717, 1.165) is 11.4 Å². The first-order valence-corrected chi connectivity index (χ1v) is 8.22. The lowest BCUT2D eigenvalue weighted by molar-refractivity contribution is -0.149. The Hall–Kier alpha value is -2.57. The highest BCUT2D eigenvalue weighted by Crippen LogP contribution is 2.27. The zero-order valence-corrected chi connectivity index (χ0v) is 15.0. The molecule has 7 nitrogen and oxygen atoms in total. The first-order chi connectivity index (χ1) is 11.8. The second-order valence-corrected chi connectivity index (χ2v) is 6.44. The highest BCUT2D eigenvalue weighted by Gasteiger charge is 2.39. The summed E-state index contributed by atoms with van der Waals surface area (Å²) in [7, 11) is 1.27. The summed E-state index contributed by atoms with van der Waals surface area (Å²) in [4.78, 5) is 38.0. The maximum absolute atomic E-state index is 12.4. The lowest BCUT2D eigenvalue weighted by Crippen LogP contribution is -2.52. The monoisotopic (exact) mass is 348 g/mol. The normalized spacial score (nSPS) is 17.4. The summed E-state index contributed by atoms with van der Waals surface area (Å²) in [5.41, 5.74) is -0.419. The average molecular weight is 348 g/mol. The zero-order chi connectivity index (χ0) is 18.6. The topological polar surface area (TPSA) is 84.9 Å². The summed E-state index contributed by atoms with van der Waals surface area (Å²) < 4.78 is 10.1. The third-order valence-corrected chi connectivity index (χ3v) is 4.09. The van der Waals surface area contributed by atoms with Crippen LogP contribution in [-0.2, 0) is 19.1 Å². The fourth-order valence-electron chi connectivity index (χ4n) is 2.74. The van der Waals surface area contributed by atoms with Crippen LogP contribution in [0.3, 0.4) is 0 Å². The Labute approximate surface area is 147 Å². The van der Waals surface area contributed by atoms with Gasteiger partial charge in [-0.1, -0.05) is 0 Å². The largest absolute Gasteiger partial charge is 0.494 e. The first-order valence-electron chi connectivity index (χ1n) is 8.22. The van der Waals surface area contributed by atoms with Gasteiger partial charge in [0.05, 0.1) is 19.6 Å². The van der Waals surface area contributed by atoms with Crippen LogP contribution < -0.4 is 15.0 Å². The van der Waals surface area contributed by atoms with E-state index in [-0.39, 0.29) is 24.8 Å². The second kappa shape index (κ2) is 7.55. The smallest absolute Gasteiger partial charge is 0.330 e. The van der Waals surface area contributed by atoms with Gasteiger partial charge in [0.15, 0.2) is 0 Å². The van der Waals surface area contributed by atoms with Gasteiger partial charge in [0, 0.05) is 18.7 Å². The van der Waals surface area contributed by atoms with E-state index in [4.69, 9.17) is 4.74 Å². The van der Waals surface area contributed by atoms with E-state index in [1.54, 1.807) is 43.0 Å². The van der Waals surface area contributed by atoms with Gasteiger partial charge in [-0.2, -0.15) is 0 Å². The molecule has 2 rings (SSSR count). The van der Waals surface area contributed by atoms with Crippen LogP contribution >= 0.6 is 0 Å². The fourth-order valence-corrected chi connectivity index (χ4v) is 2.74. The van der Waals surface area contributed by atoms with Crippen molar-refractivity contribution in [1.82, 2.24) is 5.32 Å². The van der Waals surface area contributed by atoms with E-state index in [2.05, 4.69) is 10.1 Å². The molecule has 1 unspecified atom stereocenters. The number of carbonyl (C=O) groups is 3. The SMILES string of the molecule is CCOc1ccc(N2CC(C(=O)NC(C)(C)C(=O)OC)CC2=O)cc1. The number of anilines is 1.